The van der Waals surface area contributed by atoms with Crippen molar-refractivity contribution >= 4 is 17.6 Å². The highest BCUT2D eigenvalue weighted by Gasteiger charge is 2.12. The van der Waals surface area contributed by atoms with E-state index in [0.717, 1.165) is 5.75 Å². The molecule has 6 nitrogen and oxygen atoms in total. The van der Waals surface area contributed by atoms with Crippen LogP contribution in [0, 0.1) is 0 Å². The van der Waals surface area contributed by atoms with Crippen LogP contribution < -0.4 is 15.4 Å². The molecule has 120 valence electrons. The fraction of sp³-hybridized carbons (Fsp3) is 0. The van der Waals surface area contributed by atoms with Crippen LogP contribution in [0.3, 0.4) is 0 Å². The molecule has 1 heterocycles. The second-order valence-corrected chi connectivity index (χ2v) is 4.83. The normalized spacial score (nSPS) is 10.0. The Kier molecular flexibility index (Phi) is 4.57. The van der Waals surface area contributed by atoms with Gasteiger partial charge in [0.2, 0.25) is 0 Å². The van der Waals surface area contributed by atoms with Gasteiger partial charge in [-0.25, -0.2) is 4.79 Å². The molecule has 2 N–H and O–H groups in total. The van der Waals surface area contributed by atoms with Crippen LogP contribution in [-0.2, 0) is 0 Å². The van der Waals surface area contributed by atoms with Crippen molar-refractivity contribution in [1.29, 1.82) is 0 Å². The maximum Gasteiger partial charge on any atom is 0.326 e. The summed E-state index contributed by atoms with van der Waals surface area (Å²) >= 11 is 0. The van der Waals surface area contributed by atoms with Crippen LogP contribution in [0.1, 0.15) is 10.6 Å². The number of rotatable bonds is 4. The molecule has 0 saturated heterocycles. The van der Waals surface area contributed by atoms with Gasteiger partial charge in [0.1, 0.15) is 11.5 Å². The Bertz CT molecular complexity index is 812. The summed E-state index contributed by atoms with van der Waals surface area (Å²) in [6, 6.07) is 18.5. The van der Waals surface area contributed by atoms with E-state index in [1.165, 1.54) is 12.3 Å². The maximum atomic E-state index is 11.8. The number of hydrogen-bond donors (Lipinski definition) is 2. The number of anilines is 1. The third-order valence-electron chi connectivity index (χ3n) is 3.06. The number of nitrogens with one attached hydrogen (secondary N) is 2. The molecule has 0 aliphatic carbocycles. The smallest absolute Gasteiger partial charge is 0.326 e. The van der Waals surface area contributed by atoms with Crippen LogP contribution in [0.4, 0.5) is 10.5 Å². The molecule has 0 aliphatic rings. The molecule has 3 amide bonds. The lowest BCUT2D eigenvalue weighted by molar-refractivity contribution is 0.0940. The van der Waals surface area contributed by atoms with Gasteiger partial charge in [0.25, 0.3) is 5.91 Å². The van der Waals surface area contributed by atoms with Gasteiger partial charge in [0, 0.05) is 5.69 Å². The zero-order chi connectivity index (χ0) is 16.8. The molecule has 6 heteroatoms. The summed E-state index contributed by atoms with van der Waals surface area (Å²) < 4.78 is 10.6. The third-order valence-corrected chi connectivity index (χ3v) is 3.06. The van der Waals surface area contributed by atoms with E-state index >= 15 is 0 Å². The minimum atomic E-state index is -0.645. The fourth-order valence-corrected chi connectivity index (χ4v) is 1.97. The number of ether oxygens (including phenoxy) is 1. The van der Waals surface area contributed by atoms with Crippen LogP contribution in [0.5, 0.6) is 11.5 Å². The van der Waals surface area contributed by atoms with Gasteiger partial charge in [0.15, 0.2) is 5.76 Å². The van der Waals surface area contributed by atoms with Gasteiger partial charge in [0.05, 0.1) is 6.26 Å². The van der Waals surface area contributed by atoms with Gasteiger partial charge in [-0.1, -0.05) is 18.2 Å². The van der Waals surface area contributed by atoms with Crippen molar-refractivity contribution in [3.05, 3.63) is 78.8 Å². The minimum Gasteiger partial charge on any atom is -0.459 e. The van der Waals surface area contributed by atoms with Crippen LogP contribution in [0.25, 0.3) is 0 Å². The predicted molar refractivity (Wildman–Crippen MR) is 88.2 cm³/mol. The fourth-order valence-electron chi connectivity index (χ4n) is 1.97. The molecule has 0 unspecified atom stereocenters. The highest BCUT2D eigenvalue weighted by Crippen LogP contribution is 2.22. The number of furan rings is 1. The topological polar surface area (TPSA) is 80.6 Å². The third kappa shape index (κ3) is 4.01. The van der Waals surface area contributed by atoms with Crippen molar-refractivity contribution < 1.29 is 18.7 Å². The van der Waals surface area contributed by atoms with E-state index in [1.54, 1.807) is 30.3 Å². The monoisotopic (exact) mass is 322 g/mol. The number of hydrogen-bond acceptors (Lipinski definition) is 4. The van der Waals surface area contributed by atoms with Gasteiger partial charge in [-0.3, -0.25) is 10.1 Å². The first kappa shape index (κ1) is 15.4. The number of carbonyl (C=O) groups is 2. The second kappa shape index (κ2) is 7.15. The minimum absolute atomic E-state index is 0.0664. The lowest BCUT2D eigenvalue weighted by Gasteiger charge is -2.08. The Morgan fingerprint density at radius 1 is 0.833 bits per heavy atom. The SMILES string of the molecule is O=C(NC(=O)c1ccco1)Nc1ccc(Oc2ccccc2)cc1. The molecule has 0 bridgehead atoms. The van der Waals surface area contributed by atoms with E-state index in [9.17, 15) is 9.59 Å². The zero-order valence-corrected chi connectivity index (χ0v) is 12.6. The number of para-hydroxylation sites is 1. The van der Waals surface area contributed by atoms with Crippen molar-refractivity contribution in [2.45, 2.75) is 0 Å². The molecule has 0 atom stereocenters. The van der Waals surface area contributed by atoms with Crippen LogP contribution in [0.15, 0.2) is 77.4 Å². The summed E-state index contributed by atoms with van der Waals surface area (Å²) in [5.41, 5.74) is 0.528. The van der Waals surface area contributed by atoms with E-state index in [1.807, 2.05) is 30.3 Å². The van der Waals surface area contributed by atoms with Gasteiger partial charge in [-0.2, -0.15) is 0 Å². The molecule has 0 radical (unpaired) electrons. The van der Waals surface area contributed by atoms with E-state index in [0.29, 0.717) is 11.4 Å². The summed E-state index contributed by atoms with van der Waals surface area (Å²) in [4.78, 5) is 23.5. The summed E-state index contributed by atoms with van der Waals surface area (Å²) in [6.45, 7) is 0. The number of urea groups is 1. The molecule has 24 heavy (non-hydrogen) atoms. The molecular weight excluding hydrogens is 308 g/mol. The number of carbonyl (C=O) groups excluding carboxylic acids is 2. The highest BCUT2D eigenvalue weighted by atomic mass is 16.5. The Morgan fingerprint density at radius 2 is 1.54 bits per heavy atom. The molecule has 0 fully saturated rings. The molecule has 3 rings (SSSR count). The van der Waals surface area contributed by atoms with Gasteiger partial charge in [-0.05, 0) is 48.5 Å². The summed E-state index contributed by atoms with van der Waals surface area (Å²) in [5.74, 6) is 0.817. The quantitative estimate of drug-likeness (QED) is 0.760. The van der Waals surface area contributed by atoms with E-state index in [4.69, 9.17) is 9.15 Å². The number of benzene rings is 2. The average molecular weight is 322 g/mol. The van der Waals surface area contributed by atoms with Gasteiger partial charge < -0.3 is 14.5 Å². The summed E-state index contributed by atoms with van der Waals surface area (Å²) in [5, 5.41) is 4.73. The number of amides is 3. The molecule has 2 aromatic carbocycles. The first-order valence-corrected chi connectivity index (χ1v) is 7.19. The molecule has 0 spiro atoms. The Labute approximate surface area is 138 Å². The van der Waals surface area contributed by atoms with Crippen LogP contribution in [0.2, 0.25) is 0 Å². The lowest BCUT2D eigenvalue weighted by Crippen LogP contribution is -2.34. The second-order valence-electron chi connectivity index (χ2n) is 4.83. The number of imide groups is 1. The van der Waals surface area contributed by atoms with Gasteiger partial charge in [-0.15, -0.1) is 0 Å². The molecule has 0 aliphatic heterocycles. The van der Waals surface area contributed by atoms with Crippen LogP contribution in [-0.4, -0.2) is 11.9 Å². The molecular formula is C18H14N2O4. The van der Waals surface area contributed by atoms with Gasteiger partial charge >= 0.3 is 6.03 Å². The largest absolute Gasteiger partial charge is 0.459 e. The standard InChI is InChI=1S/C18H14N2O4/c21-17(16-7-4-12-23-16)20-18(22)19-13-8-10-15(11-9-13)24-14-5-2-1-3-6-14/h1-12H,(H2,19,20,21,22). The maximum absolute atomic E-state index is 11.8. The van der Waals surface area contributed by atoms with E-state index in [2.05, 4.69) is 10.6 Å². The zero-order valence-electron chi connectivity index (χ0n) is 12.6. The predicted octanol–water partition coefficient (Wildman–Crippen LogP) is 4.03. The van der Waals surface area contributed by atoms with Crippen molar-refractivity contribution in [3.63, 3.8) is 0 Å². The van der Waals surface area contributed by atoms with Crippen molar-refractivity contribution in [3.8, 4) is 11.5 Å². The lowest BCUT2D eigenvalue weighted by atomic mass is 10.3. The molecule has 1 aromatic heterocycles. The Hall–Kier alpha value is -3.54. The molecule has 0 saturated carbocycles. The van der Waals surface area contributed by atoms with E-state index < -0.39 is 11.9 Å². The van der Waals surface area contributed by atoms with Crippen LogP contribution >= 0.6 is 0 Å². The highest BCUT2D eigenvalue weighted by molar-refractivity contribution is 6.06. The average Bonchev–Trinajstić information content (AvgIpc) is 3.12. The van der Waals surface area contributed by atoms with Crippen molar-refractivity contribution in [2.75, 3.05) is 5.32 Å². The first-order chi connectivity index (χ1) is 11.7. The van der Waals surface area contributed by atoms with E-state index in [-0.39, 0.29) is 5.76 Å². The first-order valence-electron chi connectivity index (χ1n) is 7.19. The summed E-state index contributed by atoms with van der Waals surface area (Å²) in [6.07, 6.45) is 1.36. The summed E-state index contributed by atoms with van der Waals surface area (Å²) in [7, 11) is 0. The Balaban J connectivity index is 1.56. The van der Waals surface area contributed by atoms with Crippen molar-refractivity contribution in [1.82, 2.24) is 5.32 Å². The molecule has 3 aromatic rings. The Morgan fingerprint density at radius 3 is 2.21 bits per heavy atom. The van der Waals surface area contributed by atoms with Crippen molar-refractivity contribution in [2.24, 2.45) is 0 Å².